The molecule has 2 aliphatic rings. The molecule has 2 fully saturated rings. The van der Waals surface area contributed by atoms with Crippen LogP contribution in [-0.4, -0.2) is 47.0 Å². The van der Waals surface area contributed by atoms with Crippen molar-refractivity contribution in [2.24, 2.45) is 5.92 Å². The molecule has 0 atom stereocenters. The first-order valence-corrected chi connectivity index (χ1v) is 8.30. The summed E-state index contributed by atoms with van der Waals surface area (Å²) < 4.78 is 0. The van der Waals surface area contributed by atoms with Crippen molar-refractivity contribution >= 4 is 30.7 Å². The number of likely N-dealkylation sites (tertiary alicyclic amines) is 1. The number of carbonyl (C=O) groups excluding carboxylic acids is 1. The number of H-pyrrole nitrogens is 1. The predicted octanol–water partition coefficient (Wildman–Crippen LogP) is 2.74. The van der Waals surface area contributed by atoms with Crippen LogP contribution in [0.4, 0.5) is 0 Å². The first kappa shape index (κ1) is 20.3. The first-order chi connectivity index (χ1) is 10.3. The van der Waals surface area contributed by atoms with Crippen LogP contribution in [-0.2, 0) is 4.79 Å². The van der Waals surface area contributed by atoms with Crippen LogP contribution in [0.2, 0.25) is 0 Å². The van der Waals surface area contributed by atoms with Gasteiger partial charge in [-0.1, -0.05) is 0 Å². The van der Waals surface area contributed by atoms with Crippen molar-refractivity contribution in [1.82, 2.24) is 20.2 Å². The van der Waals surface area contributed by atoms with E-state index in [1.54, 1.807) is 0 Å². The summed E-state index contributed by atoms with van der Waals surface area (Å²) in [6, 6.07) is 0. The van der Waals surface area contributed by atoms with Crippen molar-refractivity contribution in [3.8, 4) is 0 Å². The van der Waals surface area contributed by atoms with E-state index in [1.807, 2.05) is 12.4 Å². The van der Waals surface area contributed by atoms with Crippen molar-refractivity contribution in [3.05, 3.63) is 18.2 Å². The van der Waals surface area contributed by atoms with Crippen LogP contribution < -0.4 is 5.32 Å². The van der Waals surface area contributed by atoms with Gasteiger partial charge < -0.3 is 15.2 Å². The van der Waals surface area contributed by atoms with Gasteiger partial charge in [0.15, 0.2) is 0 Å². The van der Waals surface area contributed by atoms with Gasteiger partial charge in [0.2, 0.25) is 5.91 Å². The van der Waals surface area contributed by atoms with E-state index in [0.29, 0.717) is 11.8 Å². The molecular formula is C16H28Cl2N4O. The van der Waals surface area contributed by atoms with E-state index in [0.717, 1.165) is 63.6 Å². The third-order valence-electron chi connectivity index (χ3n) is 4.98. The molecule has 0 unspecified atom stereocenters. The predicted molar refractivity (Wildman–Crippen MR) is 96.5 cm³/mol. The van der Waals surface area contributed by atoms with Gasteiger partial charge in [0, 0.05) is 37.8 Å². The molecule has 0 radical (unpaired) electrons. The van der Waals surface area contributed by atoms with Gasteiger partial charge in [-0.25, -0.2) is 4.98 Å². The third kappa shape index (κ3) is 5.66. The zero-order chi connectivity index (χ0) is 14.5. The number of aromatic amines is 1. The van der Waals surface area contributed by atoms with Crippen LogP contribution in [0.1, 0.15) is 50.3 Å². The van der Waals surface area contributed by atoms with E-state index >= 15 is 0 Å². The number of halogens is 2. The molecule has 3 heterocycles. The summed E-state index contributed by atoms with van der Waals surface area (Å²) in [7, 11) is 0. The number of amides is 1. The summed E-state index contributed by atoms with van der Waals surface area (Å²) in [5, 5.41) is 3.38. The molecule has 23 heavy (non-hydrogen) atoms. The van der Waals surface area contributed by atoms with Crippen LogP contribution in [0.25, 0.3) is 0 Å². The molecule has 2 aliphatic heterocycles. The summed E-state index contributed by atoms with van der Waals surface area (Å²) >= 11 is 0. The molecule has 1 amide bonds. The number of hydrogen-bond acceptors (Lipinski definition) is 3. The highest BCUT2D eigenvalue weighted by Crippen LogP contribution is 2.26. The zero-order valence-electron chi connectivity index (χ0n) is 13.5. The van der Waals surface area contributed by atoms with Gasteiger partial charge in [0.1, 0.15) is 5.82 Å². The van der Waals surface area contributed by atoms with Crippen molar-refractivity contribution in [3.63, 3.8) is 0 Å². The number of nitrogens with zero attached hydrogens (tertiary/aromatic N) is 2. The number of aromatic nitrogens is 2. The zero-order valence-corrected chi connectivity index (χ0v) is 15.1. The minimum absolute atomic E-state index is 0. The Bertz CT molecular complexity index is 441. The second-order valence-corrected chi connectivity index (χ2v) is 6.36. The lowest BCUT2D eigenvalue weighted by molar-refractivity contribution is -0.132. The summed E-state index contributed by atoms with van der Waals surface area (Å²) in [4.78, 5) is 21.9. The normalized spacial score (nSPS) is 19.7. The quantitative estimate of drug-likeness (QED) is 0.865. The summed E-state index contributed by atoms with van der Waals surface area (Å²) in [5.41, 5.74) is 0. The summed E-state index contributed by atoms with van der Waals surface area (Å²) in [6.07, 6.45) is 10.0. The molecule has 0 spiro atoms. The topological polar surface area (TPSA) is 61.0 Å². The molecule has 5 nitrogen and oxygen atoms in total. The Balaban J connectivity index is 0.00000132. The Morgan fingerprint density at radius 3 is 2.48 bits per heavy atom. The molecule has 1 aromatic heterocycles. The van der Waals surface area contributed by atoms with Crippen molar-refractivity contribution in [1.29, 1.82) is 0 Å². The standard InChI is InChI=1S/C16H26N4O.2ClH/c21-15(2-1-13-3-7-17-8-4-13)20-11-5-14(6-12-20)16-18-9-10-19-16;;/h9-10,13-14,17H,1-8,11-12H2,(H,18,19);2*1H. The van der Waals surface area contributed by atoms with Gasteiger partial charge in [-0.05, 0) is 51.1 Å². The molecule has 0 aliphatic carbocycles. The van der Waals surface area contributed by atoms with Crippen LogP contribution in [0, 0.1) is 5.92 Å². The molecule has 2 saturated heterocycles. The minimum Gasteiger partial charge on any atom is -0.348 e. The number of carbonyl (C=O) groups is 1. The van der Waals surface area contributed by atoms with Crippen LogP contribution in [0.3, 0.4) is 0 Å². The van der Waals surface area contributed by atoms with E-state index in [-0.39, 0.29) is 24.8 Å². The average molecular weight is 363 g/mol. The number of imidazole rings is 1. The smallest absolute Gasteiger partial charge is 0.222 e. The Morgan fingerprint density at radius 1 is 1.17 bits per heavy atom. The monoisotopic (exact) mass is 362 g/mol. The third-order valence-corrected chi connectivity index (χ3v) is 4.98. The summed E-state index contributed by atoms with van der Waals surface area (Å²) in [5.74, 6) is 2.67. The van der Waals surface area contributed by atoms with E-state index in [4.69, 9.17) is 0 Å². The molecule has 3 rings (SSSR count). The maximum absolute atomic E-state index is 12.3. The van der Waals surface area contributed by atoms with Gasteiger partial charge in [-0.2, -0.15) is 0 Å². The van der Waals surface area contributed by atoms with E-state index in [2.05, 4.69) is 20.2 Å². The molecular weight excluding hydrogens is 335 g/mol. The molecule has 0 bridgehead atoms. The number of hydrogen-bond donors (Lipinski definition) is 2. The SMILES string of the molecule is Cl.Cl.O=C(CCC1CCNCC1)N1CCC(c2ncc[nH]2)CC1. The largest absolute Gasteiger partial charge is 0.348 e. The summed E-state index contributed by atoms with van der Waals surface area (Å²) in [6.45, 7) is 4.01. The van der Waals surface area contributed by atoms with Gasteiger partial charge in [-0.3, -0.25) is 4.79 Å². The van der Waals surface area contributed by atoms with Crippen LogP contribution in [0.5, 0.6) is 0 Å². The fraction of sp³-hybridized carbons (Fsp3) is 0.750. The Hall–Kier alpha value is -0.780. The van der Waals surface area contributed by atoms with Crippen LogP contribution in [0.15, 0.2) is 12.4 Å². The van der Waals surface area contributed by atoms with Crippen molar-refractivity contribution in [2.75, 3.05) is 26.2 Å². The molecule has 1 aromatic rings. The highest BCUT2D eigenvalue weighted by molar-refractivity contribution is 5.85. The highest BCUT2D eigenvalue weighted by Gasteiger charge is 2.25. The maximum Gasteiger partial charge on any atom is 0.222 e. The lowest BCUT2D eigenvalue weighted by Crippen LogP contribution is -2.38. The van der Waals surface area contributed by atoms with E-state index in [9.17, 15) is 4.79 Å². The fourth-order valence-electron chi connectivity index (χ4n) is 3.56. The minimum atomic E-state index is 0. The number of piperidine rings is 2. The molecule has 0 aromatic carbocycles. The molecule has 7 heteroatoms. The molecule has 2 N–H and O–H groups in total. The Morgan fingerprint density at radius 2 is 1.87 bits per heavy atom. The van der Waals surface area contributed by atoms with Crippen molar-refractivity contribution in [2.45, 2.75) is 44.4 Å². The highest BCUT2D eigenvalue weighted by atomic mass is 35.5. The molecule has 132 valence electrons. The van der Waals surface area contributed by atoms with Gasteiger partial charge in [0.25, 0.3) is 0 Å². The lowest BCUT2D eigenvalue weighted by Gasteiger charge is -2.32. The second kappa shape index (κ2) is 10.2. The van der Waals surface area contributed by atoms with Gasteiger partial charge in [0.05, 0.1) is 0 Å². The van der Waals surface area contributed by atoms with E-state index < -0.39 is 0 Å². The van der Waals surface area contributed by atoms with Crippen LogP contribution >= 0.6 is 24.8 Å². The second-order valence-electron chi connectivity index (χ2n) is 6.36. The average Bonchev–Trinajstić information content (AvgIpc) is 3.08. The lowest BCUT2D eigenvalue weighted by atomic mass is 9.92. The maximum atomic E-state index is 12.3. The van der Waals surface area contributed by atoms with Crippen molar-refractivity contribution < 1.29 is 4.79 Å². The fourth-order valence-corrected chi connectivity index (χ4v) is 3.56. The van der Waals surface area contributed by atoms with Gasteiger partial charge >= 0.3 is 0 Å². The number of rotatable bonds is 4. The number of nitrogens with one attached hydrogen (secondary N) is 2. The van der Waals surface area contributed by atoms with E-state index in [1.165, 1.54) is 12.8 Å². The Labute approximate surface area is 150 Å². The van der Waals surface area contributed by atoms with Gasteiger partial charge in [-0.15, -0.1) is 24.8 Å². The molecule has 0 saturated carbocycles. The Kier molecular flexibility index (Phi) is 8.95. The first-order valence-electron chi connectivity index (χ1n) is 8.30.